The molecule has 0 bridgehead atoms. The Kier molecular flexibility index (Phi) is 4.82. The standard InChI is InChI=1S/C13H23N5OS/c1-4-17(5-2)13-15-11(14)10(20-13)12(19)18-8-6-16(3)7-9-18/h4-9,14H2,1-3H3. The monoisotopic (exact) mass is 297 g/mol. The van der Waals surface area contributed by atoms with E-state index in [1.54, 1.807) is 0 Å². The molecule has 2 N–H and O–H groups in total. The molecule has 6 nitrogen and oxygen atoms in total. The molecule has 0 spiro atoms. The number of nitrogens with two attached hydrogens (primary N) is 1. The lowest BCUT2D eigenvalue weighted by Gasteiger charge is -2.32. The Morgan fingerprint density at radius 3 is 2.45 bits per heavy atom. The van der Waals surface area contributed by atoms with Crippen molar-refractivity contribution in [2.24, 2.45) is 0 Å². The maximum absolute atomic E-state index is 12.5. The molecule has 2 heterocycles. The molecule has 7 heteroatoms. The SMILES string of the molecule is CCN(CC)c1nc(N)c(C(=O)N2CCN(C)CC2)s1. The molecule has 0 aliphatic carbocycles. The van der Waals surface area contributed by atoms with Crippen molar-refractivity contribution in [2.75, 3.05) is 56.9 Å². The summed E-state index contributed by atoms with van der Waals surface area (Å²) < 4.78 is 0. The molecule has 1 aromatic rings. The number of nitrogens with zero attached hydrogens (tertiary/aromatic N) is 4. The van der Waals surface area contributed by atoms with Gasteiger partial charge in [0.1, 0.15) is 10.7 Å². The van der Waals surface area contributed by atoms with E-state index >= 15 is 0 Å². The summed E-state index contributed by atoms with van der Waals surface area (Å²) in [5.74, 6) is 0.382. The van der Waals surface area contributed by atoms with Gasteiger partial charge in [-0.15, -0.1) is 0 Å². The van der Waals surface area contributed by atoms with Crippen LogP contribution >= 0.6 is 11.3 Å². The fraction of sp³-hybridized carbons (Fsp3) is 0.692. The molecule has 20 heavy (non-hydrogen) atoms. The minimum atomic E-state index is 0.0199. The van der Waals surface area contributed by atoms with Crippen LogP contribution in [-0.4, -0.2) is 67.0 Å². The minimum Gasteiger partial charge on any atom is -0.382 e. The van der Waals surface area contributed by atoms with Gasteiger partial charge in [-0.2, -0.15) is 0 Å². The number of nitrogen functional groups attached to an aromatic ring is 1. The molecule has 0 saturated carbocycles. The number of rotatable bonds is 4. The largest absolute Gasteiger partial charge is 0.382 e. The summed E-state index contributed by atoms with van der Waals surface area (Å²) in [6.07, 6.45) is 0. The quantitative estimate of drug-likeness (QED) is 0.896. The highest BCUT2D eigenvalue weighted by Crippen LogP contribution is 2.29. The second kappa shape index (κ2) is 6.41. The average molecular weight is 297 g/mol. The van der Waals surface area contributed by atoms with Gasteiger partial charge >= 0.3 is 0 Å². The Bertz CT molecular complexity index is 463. The van der Waals surface area contributed by atoms with Gasteiger partial charge in [0, 0.05) is 39.3 Å². The second-order valence-corrected chi connectivity index (χ2v) is 5.96. The molecule has 0 unspecified atom stereocenters. The molecule has 0 radical (unpaired) electrons. The number of amides is 1. The zero-order chi connectivity index (χ0) is 14.7. The Morgan fingerprint density at radius 2 is 1.90 bits per heavy atom. The van der Waals surface area contributed by atoms with Gasteiger partial charge in [0.2, 0.25) is 0 Å². The van der Waals surface area contributed by atoms with Crippen LogP contribution in [-0.2, 0) is 0 Å². The van der Waals surface area contributed by atoms with Crippen LogP contribution in [0.1, 0.15) is 23.5 Å². The van der Waals surface area contributed by atoms with Crippen molar-refractivity contribution in [2.45, 2.75) is 13.8 Å². The van der Waals surface area contributed by atoms with E-state index in [1.165, 1.54) is 11.3 Å². The van der Waals surface area contributed by atoms with Crippen LogP contribution in [0, 0.1) is 0 Å². The first-order valence-corrected chi connectivity index (χ1v) is 7.87. The summed E-state index contributed by atoms with van der Waals surface area (Å²) in [6, 6.07) is 0. The van der Waals surface area contributed by atoms with Crippen LogP contribution in [0.5, 0.6) is 0 Å². The van der Waals surface area contributed by atoms with Gasteiger partial charge in [0.15, 0.2) is 5.13 Å². The van der Waals surface area contributed by atoms with Crippen molar-refractivity contribution >= 4 is 28.2 Å². The minimum absolute atomic E-state index is 0.0199. The van der Waals surface area contributed by atoms with Crippen LogP contribution in [0.4, 0.5) is 10.9 Å². The van der Waals surface area contributed by atoms with Crippen molar-refractivity contribution in [3.63, 3.8) is 0 Å². The van der Waals surface area contributed by atoms with Gasteiger partial charge in [-0.3, -0.25) is 4.79 Å². The molecule has 0 atom stereocenters. The molecule has 1 aromatic heterocycles. The third kappa shape index (κ3) is 3.04. The number of carbonyl (C=O) groups is 1. The van der Waals surface area contributed by atoms with Crippen molar-refractivity contribution in [3.8, 4) is 0 Å². The summed E-state index contributed by atoms with van der Waals surface area (Å²) in [4.78, 5) is 23.7. The van der Waals surface area contributed by atoms with E-state index < -0.39 is 0 Å². The number of hydrogen-bond acceptors (Lipinski definition) is 6. The van der Waals surface area contributed by atoms with E-state index in [9.17, 15) is 4.79 Å². The Morgan fingerprint density at radius 1 is 1.30 bits per heavy atom. The number of hydrogen-bond donors (Lipinski definition) is 1. The van der Waals surface area contributed by atoms with Gasteiger partial charge in [-0.05, 0) is 20.9 Å². The summed E-state index contributed by atoms with van der Waals surface area (Å²) in [5, 5.41) is 0.838. The maximum atomic E-state index is 12.5. The first kappa shape index (κ1) is 15.1. The van der Waals surface area contributed by atoms with E-state index in [4.69, 9.17) is 5.73 Å². The number of anilines is 2. The first-order valence-electron chi connectivity index (χ1n) is 7.05. The lowest BCUT2D eigenvalue weighted by molar-refractivity contribution is 0.0670. The van der Waals surface area contributed by atoms with Crippen LogP contribution in [0.25, 0.3) is 0 Å². The molecule has 112 valence electrons. The zero-order valence-electron chi connectivity index (χ0n) is 12.4. The molecule has 1 aliphatic rings. The van der Waals surface area contributed by atoms with Crippen LogP contribution in [0.3, 0.4) is 0 Å². The highest BCUT2D eigenvalue weighted by Gasteiger charge is 2.25. The van der Waals surface area contributed by atoms with E-state index in [-0.39, 0.29) is 5.91 Å². The van der Waals surface area contributed by atoms with Crippen molar-refractivity contribution in [3.05, 3.63) is 4.88 Å². The van der Waals surface area contributed by atoms with Crippen molar-refractivity contribution in [1.82, 2.24) is 14.8 Å². The van der Waals surface area contributed by atoms with E-state index in [0.29, 0.717) is 10.7 Å². The fourth-order valence-electron chi connectivity index (χ4n) is 2.26. The molecule has 1 aliphatic heterocycles. The third-order valence-electron chi connectivity index (χ3n) is 3.66. The molecule has 1 amide bonds. The summed E-state index contributed by atoms with van der Waals surface area (Å²) in [6.45, 7) is 9.21. The third-order valence-corrected chi connectivity index (χ3v) is 4.78. The number of piperazine rings is 1. The normalized spacial score (nSPS) is 16.4. The van der Waals surface area contributed by atoms with Gasteiger partial charge in [-0.25, -0.2) is 4.98 Å². The van der Waals surface area contributed by atoms with Crippen molar-refractivity contribution in [1.29, 1.82) is 0 Å². The summed E-state index contributed by atoms with van der Waals surface area (Å²) >= 11 is 1.40. The predicted octanol–water partition coefficient (Wildman–Crippen LogP) is 0.959. The van der Waals surface area contributed by atoms with Crippen LogP contribution in [0.2, 0.25) is 0 Å². The lowest BCUT2D eigenvalue weighted by atomic mass is 10.3. The van der Waals surface area contributed by atoms with E-state index in [1.807, 2.05) is 4.90 Å². The molecule has 2 rings (SSSR count). The van der Waals surface area contributed by atoms with Gasteiger partial charge in [-0.1, -0.05) is 11.3 Å². The fourth-order valence-corrected chi connectivity index (χ4v) is 3.34. The highest BCUT2D eigenvalue weighted by atomic mass is 32.1. The van der Waals surface area contributed by atoms with Gasteiger partial charge in [0.05, 0.1) is 0 Å². The van der Waals surface area contributed by atoms with E-state index in [2.05, 4.69) is 35.7 Å². The molecular weight excluding hydrogens is 274 g/mol. The summed E-state index contributed by atoms with van der Waals surface area (Å²) in [7, 11) is 2.07. The lowest BCUT2D eigenvalue weighted by Crippen LogP contribution is -2.47. The molecule has 1 saturated heterocycles. The molecule has 0 aromatic carbocycles. The van der Waals surface area contributed by atoms with Gasteiger partial charge < -0.3 is 20.4 Å². The van der Waals surface area contributed by atoms with Crippen molar-refractivity contribution < 1.29 is 4.79 Å². The number of thiazole rings is 1. The topological polar surface area (TPSA) is 65.7 Å². The number of aromatic nitrogens is 1. The van der Waals surface area contributed by atoms with Crippen LogP contribution < -0.4 is 10.6 Å². The predicted molar refractivity (Wildman–Crippen MR) is 83.5 cm³/mol. The number of likely N-dealkylation sites (N-methyl/N-ethyl adjacent to an activating group) is 1. The number of carbonyl (C=O) groups excluding carboxylic acids is 1. The average Bonchev–Trinajstić information content (AvgIpc) is 2.82. The van der Waals surface area contributed by atoms with Crippen LogP contribution in [0.15, 0.2) is 0 Å². The Labute approximate surface area is 124 Å². The molecular formula is C13H23N5OS. The Hall–Kier alpha value is -1.34. The van der Waals surface area contributed by atoms with E-state index in [0.717, 1.165) is 44.4 Å². The van der Waals surface area contributed by atoms with Gasteiger partial charge in [0.25, 0.3) is 5.91 Å². The smallest absolute Gasteiger partial charge is 0.267 e. The molecule has 1 fully saturated rings. The zero-order valence-corrected chi connectivity index (χ0v) is 13.2. The Balaban J connectivity index is 2.14. The first-order chi connectivity index (χ1) is 9.56. The summed E-state index contributed by atoms with van der Waals surface area (Å²) in [5.41, 5.74) is 5.94. The highest BCUT2D eigenvalue weighted by molar-refractivity contribution is 7.18. The maximum Gasteiger partial charge on any atom is 0.267 e. The second-order valence-electron chi connectivity index (χ2n) is 4.98.